The van der Waals surface area contributed by atoms with Gasteiger partial charge in [0.15, 0.2) is 0 Å². The maximum Gasteiger partial charge on any atom is 0.150 e. The van der Waals surface area contributed by atoms with Crippen LogP contribution in [0.25, 0.3) is 0 Å². The van der Waals surface area contributed by atoms with Gasteiger partial charge < -0.3 is 15.8 Å². The van der Waals surface area contributed by atoms with Crippen molar-refractivity contribution in [2.75, 3.05) is 19.0 Å². The van der Waals surface area contributed by atoms with Crippen LogP contribution in [0.4, 0.5) is 14.5 Å². The highest BCUT2D eigenvalue weighted by atomic mass is 32.1. The molecule has 0 radical (unpaired) electrons. The van der Waals surface area contributed by atoms with Gasteiger partial charge in [0.2, 0.25) is 0 Å². The first-order valence-electron chi connectivity index (χ1n) is 5.53. The molecule has 1 aromatic carbocycles. The van der Waals surface area contributed by atoms with E-state index >= 15 is 0 Å². The van der Waals surface area contributed by atoms with E-state index in [2.05, 4.69) is 17.5 Å². The monoisotopic (exact) mass is 274 g/mol. The summed E-state index contributed by atoms with van der Waals surface area (Å²) in [5.41, 5.74) is 5.32. The lowest BCUT2D eigenvalue weighted by molar-refractivity contribution is 0.184. The largest absolute Gasteiger partial charge is 0.389 e. The summed E-state index contributed by atoms with van der Waals surface area (Å²) in [6.45, 7) is 2.27. The van der Waals surface area contributed by atoms with Gasteiger partial charge in [-0.2, -0.15) is 0 Å². The summed E-state index contributed by atoms with van der Waals surface area (Å²) in [6.07, 6.45) is 0.684. The number of rotatable bonds is 6. The topological polar surface area (TPSA) is 47.3 Å². The van der Waals surface area contributed by atoms with Gasteiger partial charge in [-0.05, 0) is 18.6 Å². The normalized spacial score (nSPS) is 12.2. The fraction of sp³-hybridized carbons (Fsp3) is 0.417. The second-order valence-electron chi connectivity index (χ2n) is 3.88. The van der Waals surface area contributed by atoms with Gasteiger partial charge >= 0.3 is 0 Å². The van der Waals surface area contributed by atoms with E-state index in [0.717, 1.165) is 12.1 Å². The van der Waals surface area contributed by atoms with Crippen LogP contribution < -0.4 is 11.1 Å². The maximum absolute atomic E-state index is 13.7. The minimum Gasteiger partial charge on any atom is -0.389 e. The highest BCUT2D eigenvalue weighted by Gasteiger charge is 2.15. The van der Waals surface area contributed by atoms with Crippen LogP contribution >= 0.6 is 12.2 Å². The molecule has 0 saturated carbocycles. The minimum atomic E-state index is -0.715. The van der Waals surface area contributed by atoms with Crippen LogP contribution in [0.5, 0.6) is 0 Å². The average Bonchev–Trinajstić information content (AvgIpc) is 2.31. The van der Waals surface area contributed by atoms with Crippen LogP contribution in [-0.4, -0.2) is 24.7 Å². The first-order chi connectivity index (χ1) is 8.49. The lowest BCUT2D eigenvalue weighted by Gasteiger charge is -2.18. The van der Waals surface area contributed by atoms with Crippen LogP contribution in [0.15, 0.2) is 12.1 Å². The first-order valence-corrected chi connectivity index (χ1v) is 5.94. The summed E-state index contributed by atoms with van der Waals surface area (Å²) in [5, 5.41) is 2.77. The van der Waals surface area contributed by atoms with E-state index in [1.807, 2.05) is 6.92 Å². The lowest BCUT2D eigenvalue weighted by atomic mass is 10.1. The molecule has 1 rings (SSSR count). The number of thiocarbonyl (C=S) groups is 1. The molecule has 0 aliphatic carbocycles. The molecule has 100 valence electrons. The van der Waals surface area contributed by atoms with Crippen LogP contribution in [0.2, 0.25) is 0 Å². The Labute approximate surface area is 110 Å². The predicted molar refractivity (Wildman–Crippen MR) is 71.8 cm³/mol. The Balaban J connectivity index is 2.99. The van der Waals surface area contributed by atoms with Crippen molar-refractivity contribution in [3.63, 3.8) is 0 Å². The number of nitrogens with one attached hydrogen (secondary N) is 1. The average molecular weight is 274 g/mol. The summed E-state index contributed by atoms with van der Waals surface area (Å²) in [7, 11) is 1.53. The van der Waals surface area contributed by atoms with Crippen molar-refractivity contribution in [3.05, 3.63) is 29.3 Å². The molecule has 1 aromatic rings. The van der Waals surface area contributed by atoms with Gasteiger partial charge in [-0.1, -0.05) is 19.1 Å². The second kappa shape index (κ2) is 6.61. The molecule has 0 heterocycles. The van der Waals surface area contributed by atoms with Crippen molar-refractivity contribution in [3.8, 4) is 0 Å². The van der Waals surface area contributed by atoms with Crippen LogP contribution in [0, 0.1) is 11.6 Å². The molecule has 3 N–H and O–H groups in total. The molecule has 0 aliphatic heterocycles. The molecule has 0 bridgehead atoms. The fourth-order valence-corrected chi connectivity index (χ4v) is 1.64. The minimum absolute atomic E-state index is 0.0386. The lowest BCUT2D eigenvalue weighted by Crippen LogP contribution is -2.25. The molecule has 0 spiro atoms. The van der Waals surface area contributed by atoms with Gasteiger partial charge in [0, 0.05) is 18.7 Å². The number of halogens is 2. The molecule has 6 heteroatoms. The summed E-state index contributed by atoms with van der Waals surface area (Å²) < 4.78 is 32.5. The van der Waals surface area contributed by atoms with Crippen LogP contribution in [0.1, 0.15) is 18.9 Å². The molecule has 1 atom stereocenters. The molecule has 18 heavy (non-hydrogen) atoms. The molecule has 0 aliphatic rings. The van der Waals surface area contributed by atoms with E-state index < -0.39 is 11.6 Å². The Morgan fingerprint density at radius 3 is 2.39 bits per heavy atom. The Hall–Kier alpha value is -1.27. The highest BCUT2D eigenvalue weighted by molar-refractivity contribution is 7.80. The zero-order valence-corrected chi connectivity index (χ0v) is 11.1. The van der Waals surface area contributed by atoms with Gasteiger partial charge in [-0.25, -0.2) is 8.78 Å². The first kappa shape index (κ1) is 14.8. The number of anilines is 1. The van der Waals surface area contributed by atoms with E-state index in [-0.39, 0.29) is 22.3 Å². The summed E-state index contributed by atoms with van der Waals surface area (Å²) in [5.74, 6) is -1.43. The number of methoxy groups -OCH3 is 1. The quantitative estimate of drug-likeness (QED) is 0.782. The Morgan fingerprint density at radius 1 is 1.44 bits per heavy atom. The molecule has 0 fully saturated rings. The van der Waals surface area contributed by atoms with E-state index in [1.54, 1.807) is 0 Å². The summed E-state index contributed by atoms with van der Waals surface area (Å²) >= 11 is 4.68. The van der Waals surface area contributed by atoms with Gasteiger partial charge in [-0.3, -0.25) is 0 Å². The molecular formula is C12H16F2N2OS. The smallest absolute Gasteiger partial charge is 0.150 e. The standard InChI is InChI=1S/C12H16F2N2OS/c1-3-8(6-17-2)16-11-9(13)4-7(12(15)18)5-10(11)14/h4-5,8,16H,3,6H2,1-2H3,(H2,15,18). The van der Waals surface area contributed by atoms with E-state index in [9.17, 15) is 8.78 Å². The molecule has 0 saturated heterocycles. The van der Waals surface area contributed by atoms with Gasteiger partial charge in [-0.15, -0.1) is 0 Å². The van der Waals surface area contributed by atoms with E-state index in [0.29, 0.717) is 13.0 Å². The number of hydrogen-bond donors (Lipinski definition) is 2. The maximum atomic E-state index is 13.7. The van der Waals surface area contributed by atoms with Crippen LogP contribution in [-0.2, 0) is 4.74 Å². The molecule has 1 unspecified atom stereocenters. The number of benzene rings is 1. The molecule has 0 amide bonds. The molecule has 3 nitrogen and oxygen atoms in total. The van der Waals surface area contributed by atoms with Gasteiger partial charge in [0.1, 0.15) is 22.3 Å². The Bertz CT molecular complexity index is 417. The van der Waals surface area contributed by atoms with Crippen molar-refractivity contribution in [1.82, 2.24) is 0 Å². The Kier molecular flexibility index (Phi) is 5.43. The summed E-state index contributed by atoms with van der Waals surface area (Å²) in [6, 6.07) is 2.08. The van der Waals surface area contributed by atoms with Crippen LogP contribution in [0.3, 0.4) is 0 Å². The third kappa shape index (κ3) is 3.61. The number of ether oxygens (including phenoxy) is 1. The SMILES string of the molecule is CCC(COC)Nc1c(F)cc(C(N)=S)cc1F. The second-order valence-corrected chi connectivity index (χ2v) is 4.32. The molecule has 0 aromatic heterocycles. The van der Waals surface area contributed by atoms with Crippen molar-refractivity contribution < 1.29 is 13.5 Å². The fourth-order valence-electron chi connectivity index (χ4n) is 1.52. The zero-order chi connectivity index (χ0) is 13.7. The summed E-state index contributed by atoms with van der Waals surface area (Å²) in [4.78, 5) is -0.0386. The van der Waals surface area contributed by atoms with Crippen molar-refractivity contribution in [2.45, 2.75) is 19.4 Å². The van der Waals surface area contributed by atoms with E-state index in [1.165, 1.54) is 7.11 Å². The number of hydrogen-bond acceptors (Lipinski definition) is 3. The predicted octanol–water partition coefficient (Wildman–Crippen LogP) is 2.44. The number of nitrogens with two attached hydrogens (primary N) is 1. The van der Waals surface area contributed by atoms with Gasteiger partial charge in [0.05, 0.1) is 6.61 Å². The third-order valence-electron chi connectivity index (χ3n) is 2.54. The third-order valence-corrected chi connectivity index (χ3v) is 2.77. The highest BCUT2D eigenvalue weighted by Crippen LogP contribution is 2.22. The zero-order valence-electron chi connectivity index (χ0n) is 10.3. The molecular weight excluding hydrogens is 258 g/mol. The van der Waals surface area contributed by atoms with Crippen molar-refractivity contribution in [1.29, 1.82) is 0 Å². The van der Waals surface area contributed by atoms with Crippen molar-refractivity contribution >= 4 is 22.9 Å². The Morgan fingerprint density at radius 2 is 2.00 bits per heavy atom. The van der Waals surface area contributed by atoms with Crippen molar-refractivity contribution in [2.24, 2.45) is 5.73 Å². The van der Waals surface area contributed by atoms with E-state index in [4.69, 9.17) is 10.5 Å². The van der Waals surface area contributed by atoms with Gasteiger partial charge in [0.25, 0.3) is 0 Å².